The molecule has 0 bridgehead atoms. The number of amidine groups is 1. The van der Waals surface area contributed by atoms with E-state index < -0.39 is 39.6 Å². The van der Waals surface area contributed by atoms with E-state index in [1.807, 2.05) is 30.3 Å². The van der Waals surface area contributed by atoms with Crippen molar-refractivity contribution < 1.29 is 31.1 Å². The number of ether oxygens (including phenoxy) is 1. The van der Waals surface area contributed by atoms with Crippen molar-refractivity contribution in [2.24, 2.45) is 4.99 Å². The van der Waals surface area contributed by atoms with Crippen LogP contribution < -0.4 is 4.90 Å². The highest BCUT2D eigenvalue weighted by molar-refractivity contribution is 8.14. The lowest BCUT2D eigenvalue weighted by molar-refractivity contribution is -0.141. The van der Waals surface area contributed by atoms with Crippen LogP contribution in [0, 0.1) is 0 Å². The third-order valence-corrected chi connectivity index (χ3v) is 7.76. The summed E-state index contributed by atoms with van der Waals surface area (Å²) in [4.78, 5) is 18.1. The summed E-state index contributed by atoms with van der Waals surface area (Å²) in [7, 11) is -3.35. The minimum Gasteiger partial charge on any atom is -0.460 e. The van der Waals surface area contributed by atoms with Gasteiger partial charge in [-0.3, -0.25) is 9.79 Å². The number of hydrogen-bond donors (Lipinski definition) is 0. The SMILES string of the molecule is O=C(CSC1=N[C@@H]2CS(=O)(=O)C[C@H]2N1c1cccc(C(F)(F)F)c1)OCc1ccccc1. The second-order valence-electron chi connectivity index (χ2n) is 7.48. The molecule has 2 aromatic carbocycles. The molecule has 2 aliphatic heterocycles. The number of anilines is 1. The van der Waals surface area contributed by atoms with Crippen LogP contribution in [0.1, 0.15) is 11.1 Å². The Kier molecular flexibility index (Phi) is 6.22. The highest BCUT2D eigenvalue weighted by Crippen LogP contribution is 2.38. The molecular weight excluding hydrogens is 465 g/mol. The number of benzene rings is 2. The van der Waals surface area contributed by atoms with E-state index >= 15 is 0 Å². The van der Waals surface area contributed by atoms with Crippen LogP contribution in [0.2, 0.25) is 0 Å². The van der Waals surface area contributed by atoms with Crippen LogP contribution in [0.3, 0.4) is 0 Å². The van der Waals surface area contributed by atoms with E-state index in [1.165, 1.54) is 17.0 Å². The van der Waals surface area contributed by atoms with E-state index in [2.05, 4.69) is 4.99 Å². The van der Waals surface area contributed by atoms with E-state index in [1.54, 1.807) is 0 Å². The predicted molar refractivity (Wildman–Crippen MR) is 116 cm³/mol. The molecule has 2 aromatic rings. The number of thioether (sulfide) groups is 1. The molecule has 0 aromatic heterocycles. The smallest absolute Gasteiger partial charge is 0.416 e. The van der Waals surface area contributed by atoms with Gasteiger partial charge in [0.15, 0.2) is 15.0 Å². The van der Waals surface area contributed by atoms with Gasteiger partial charge in [0.05, 0.1) is 34.9 Å². The first-order valence-corrected chi connectivity index (χ1v) is 12.5. The summed E-state index contributed by atoms with van der Waals surface area (Å²) in [6, 6.07) is 12.6. The maximum absolute atomic E-state index is 13.2. The van der Waals surface area contributed by atoms with E-state index in [4.69, 9.17) is 4.74 Å². The largest absolute Gasteiger partial charge is 0.460 e. The Morgan fingerprint density at radius 2 is 1.88 bits per heavy atom. The first kappa shape index (κ1) is 22.7. The van der Waals surface area contributed by atoms with Gasteiger partial charge in [0.1, 0.15) is 6.61 Å². The van der Waals surface area contributed by atoms with Gasteiger partial charge in [-0.15, -0.1) is 0 Å². The van der Waals surface area contributed by atoms with Crippen molar-refractivity contribution in [1.29, 1.82) is 0 Å². The van der Waals surface area contributed by atoms with Crippen LogP contribution in [0.5, 0.6) is 0 Å². The third-order valence-electron chi connectivity index (χ3n) is 5.12. The zero-order chi connectivity index (χ0) is 22.9. The van der Waals surface area contributed by atoms with E-state index in [0.29, 0.717) is 5.17 Å². The predicted octanol–water partition coefficient (Wildman–Crippen LogP) is 3.52. The highest BCUT2D eigenvalue weighted by Gasteiger charge is 2.47. The van der Waals surface area contributed by atoms with Gasteiger partial charge in [0.2, 0.25) is 0 Å². The summed E-state index contributed by atoms with van der Waals surface area (Å²) in [5, 5.41) is 0.311. The average Bonchev–Trinajstić information content (AvgIpc) is 3.21. The molecule has 0 amide bonds. The van der Waals surface area contributed by atoms with Gasteiger partial charge >= 0.3 is 12.1 Å². The van der Waals surface area contributed by atoms with Crippen LogP contribution in [-0.2, 0) is 32.2 Å². The molecule has 0 radical (unpaired) electrons. The summed E-state index contributed by atoms with van der Waals surface area (Å²) in [5.41, 5.74) is 0.175. The fourth-order valence-corrected chi connectivity index (χ4v) is 6.44. The molecule has 0 saturated carbocycles. The molecule has 2 heterocycles. The monoisotopic (exact) mass is 484 g/mol. The first-order chi connectivity index (χ1) is 15.1. The van der Waals surface area contributed by atoms with Crippen molar-refractivity contribution in [1.82, 2.24) is 0 Å². The first-order valence-electron chi connectivity index (χ1n) is 9.69. The Morgan fingerprint density at radius 3 is 2.59 bits per heavy atom. The summed E-state index contributed by atoms with van der Waals surface area (Å²) >= 11 is 1.03. The average molecular weight is 485 g/mol. The van der Waals surface area contributed by atoms with Crippen molar-refractivity contribution in [3.63, 3.8) is 0 Å². The van der Waals surface area contributed by atoms with E-state index in [-0.39, 0.29) is 29.6 Å². The van der Waals surface area contributed by atoms with E-state index in [9.17, 15) is 26.4 Å². The molecule has 32 heavy (non-hydrogen) atoms. The fraction of sp³-hybridized carbons (Fsp3) is 0.333. The molecule has 4 rings (SSSR count). The third kappa shape index (κ3) is 5.09. The van der Waals surface area contributed by atoms with Crippen LogP contribution in [-0.4, -0.2) is 48.9 Å². The molecule has 0 unspecified atom stereocenters. The lowest BCUT2D eigenvalue weighted by atomic mass is 10.1. The van der Waals surface area contributed by atoms with Crippen LogP contribution in [0.15, 0.2) is 59.6 Å². The van der Waals surface area contributed by atoms with Gasteiger partial charge in [-0.05, 0) is 23.8 Å². The minimum absolute atomic E-state index is 0.104. The van der Waals surface area contributed by atoms with Crippen molar-refractivity contribution in [2.75, 3.05) is 22.2 Å². The second kappa shape index (κ2) is 8.78. The molecule has 0 aliphatic carbocycles. The zero-order valence-corrected chi connectivity index (χ0v) is 18.3. The number of carbonyl (C=O) groups is 1. The van der Waals surface area contributed by atoms with Crippen molar-refractivity contribution in [3.05, 3.63) is 65.7 Å². The fourth-order valence-electron chi connectivity index (χ4n) is 3.67. The summed E-state index contributed by atoms with van der Waals surface area (Å²) in [5.74, 6) is -0.988. The molecular formula is C21H19F3N2O4S2. The van der Waals surface area contributed by atoms with Crippen LogP contribution >= 0.6 is 11.8 Å². The van der Waals surface area contributed by atoms with Gasteiger partial charge in [0, 0.05) is 5.69 Å². The molecule has 2 atom stereocenters. The van der Waals surface area contributed by atoms with Gasteiger partial charge in [-0.2, -0.15) is 13.2 Å². The van der Waals surface area contributed by atoms with Gasteiger partial charge in [0.25, 0.3) is 0 Å². The number of nitrogens with zero attached hydrogens (tertiary/aromatic N) is 2. The lowest BCUT2D eigenvalue weighted by Crippen LogP contribution is -2.39. The molecule has 1 fully saturated rings. The number of alkyl halides is 3. The second-order valence-corrected chi connectivity index (χ2v) is 10.6. The highest BCUT2D eigenvalue weighted by atomic mass is 32.2. The molecule has 0 spiro atoms. The van der Waals surface area contributed by atoms with Crippen molar-refractivity contribution in [2.45, 2.75) is 24.9 Å². The molecule has 2 aliphatic rings. The molecule has 11 heteroatoms. The Morgan fingerprint density at radius 1 is 1.12 bits per heavy atom. The zero-order valence-electron chi connectivity index (χ0n) is 16.7. The minimum atomic E-state index is -4.54. The number of hydrogen-bond acceptors (Lipinski definition) is 7. The Bertz CT molecular complexity index is 1140. The van der Waals surface area contributed by atoms with Gasteiger partial charge < -0.3 is 9.64 Å². The summed E-state index contributed by atoms with van der Waals surface area (Å²) in [6.45, 7) is 0.105. The quantitative estimate of drug-likeness (QED) is 0.605. The number of aliphatic imine (C=N–C) groups is 1. The standard InChI is InChI=1S/C21H19F3N2O4S2/c22-21(23,24)15-7-4-8-16(9-15)26-18-13-32(28,29)12-17(18)25-20(26)31-11-19(27)30-10-14-5-2-1-3-6-14/h1-9,17-18H,10-13H2/t17-,18-/m1/s1. The number of fused-ring (bicyclic) bond motifs is 1. The number of sulfone groups is 1. The molecule has 0 N–H and O–H groups in total. The molecule has 170 valence electrons. The number of halogens is 3. The lowest BCUT2D eigenvalue weighted by Gasteiger charge is -2.27. The van der Waals surface area contributed by atoms with Crippen LogP contribution in [0.4, 0.5) is 18.9 Å². The normalized spacial score (nSPS) is 21.8. The topological polar surface area (TPSA) is 76.0 Å². The number of carbonyl (C=O) groups excluding carboxylic acids is 1. The van der Waals surface area contributed by atoms with E-state index in [0.717, 1.165) is 29.5 Å². The number of esters is 1. The maximum atomic E-state index is 13.2. The van der Waals surface area contributed by atoms with Gasteiger partial charge in [-0.1, -0.05) is 48.2 Å². The number of rotatable bonds is 5. The Hall–Kier alpha value is -2.53. The summed E-state index contributed by atoms with van der Waals surface area (Å²) in [6.07, 6.45) is -4.54. The van der Waals surface area contributed by atoms with Crippen molar-refractivity contribution >= 4 is 38.4 Å². The Balaban J connectivity index is 1.50. The Labute approximate surface area is 187 Å². The maximum Gasteiger partial charge on any atom is 0.416 e. The van der Waals surface area contributed by atoms with Crippen molar-refractivity contribution in [3.8, 4) is 0 Å². The summed E-state index contributed by atoms with van der Waals surface area (Å²) < 4.78 is 69.0. The molecule has 6 nitrogen and oxygen atoms in total. The van der Waals surface area contributed by atoms with Gasteiger partial charge in [-0.25, -0.2) is 8.42 Å². The molecule has 1 saturated heterocycles. The van der Waals surface area contributed by atoms with Crippen LogP contribution in [0.25, 0.3) is 0 Å².